The number of hydrogen-bond acceptors (Lipinski definition) is 1. The maximum absolute atomic E-state index is 5.66. The van der Waals surface area contributed by atoms with E-state index in [0.717, 1.165) is 0 Å². The van der Waals surface area contributed by atoms with Gasteiger partial charge in [-0.05, 0) is 154 Å². The third kappa shape index (κ3) is 14.9. The number of benzene rings is 1. The van der Waals surface area contributed by atoms with Crippen molar-refractivity contribution in [3.8, 4) is 0 Å². The zero-order valence-electron chi connectivity index (χ0n) is 31.2. The van der Waals surface area contributed by atoms with Crippen LogP contribution in [0.4, 0.5) is 0 Å². The van der Waals surface area contributed by atoms with Gasteiger partial charge in [0.2, 0.25) is 0 Å². The van der Waals surface area contributed by atoms with Crippen molar-refractivity contribution >= 4 is 50.9 Å². The molecule has 6 aliphatic carbocycles. The number of thioether (sulfide) groups is 1. The summed E-state index contributed by atoms with van der Waals surface area (Å²) in [5, 5.41) is 0. The van der Waals surface area contributed by atoms with Crippen molar-refractivity contribution < 1.29 is 13.5 Å². The predicted molar refractivity (Wildman–Crippen MR) is 228 cm³/mol. The number of hydrogen-bond donors (Lipinski definition) is 0. The normalized spacial score (nSPS) is 24.9. The Labute approximate surface area is 324 Å². The zero-order valence-corrected chi connectivity index (χ0v) is 37.2. The predicted octanol–water partition coefficient (Wildman–Crippen LogP) is 15.9. The molecule has 0 heterocycles. The van der Waals surface area contributed by atoms with E-state index in [1.807, 2.05) is 34.3 Å². The minimum atomic E-state index is -1.59. The Hall–Kier alpha value is 1.50. The molecule has 0 saturated heterocycles. The molecule has 0 bridgehead atoms. The third-order valence-electron chi connectivity index (χ3n) is 13.4. The fourth-order valence-electron chi connectivity index (χ4n) is 11.2. The number of halogens is 2. The van der Waals surface area contributed by atoms with Crippen LogP contribution in [0.1, 0.15) is 193 Å². The Bertz CT molecular complexity index is 862. The van der Waals surface area contributed by atoms with Crippen LogP contribution in [-0.2, 0) is 13.5 Å². The molecule has 0 unspecified atom stereocenters. The second-order valence-electron chi connectivity index (χ2n) is 16.7. The van der Waals surface area contributed by atoms with E-state index in [0.29, 0.717) is 0 Å². The molecular formula is C43H74Cl2P2RuS+2. The summed E-state index contributed by atoms with van der Waals surface area (Å²) in [7, 11) is 11.2. The Morgan fingerprint density at radius 1 is 0.408 bits per heavy atom. The van der Waals surface area contributed by atoms with Crippen molar-refractivity contribution in [3.63, 3.8) is 0 Å². The summed E-state index contributed by atoms with van der Waals surface area (Å²) >= 11 is 0.00846. The van der Waals surface area contributed by atoms with E-state index in [4.69, 9.17) is 19.4 Å². The summed E-state index contributed by atoms with van der Waals surface area (Å²) in [4.78, 5) is 1.19. The molecule has 1 aromatic carbocycles. The summed E-state index contributed by atoms with van der Waals surface area (Å²) in [6, 6.07) is 10.0. The van der Waals surface area contributed by atoms with Crippen LogP contribution >= 0.6 is 47.0 Å². The molecule has 1 aromatic rings. The van der Waals surface area contributed by atoms with E-state index in [1.54, 1.807) is 204 Å². The van der Waals surface area contributed by atoms with Gasteiger partial charge >= 0.3 is 83.8 Å². The van der Waals surface area contributed by atoms with Crippen LogP contribution < -0.4 is 0 Å². The second kappa shape index (κ2) is 24.8. The molecule has 0 nitrogen and oxygen atoms in total. The van der Waals surface area contributed by atoms with Gasteiger partial charge in [0.05, 0.1) is 34.0 Å². The summed E-state index contributed by atoms with van der Waals surface area (Å²) in [6.07, 6.45) is 47.6. The SMILES string of the molecule is C1CCC([PH+](C2CCCCC2)C2CCCCC2)CC1.C1CCC([PH+](C2CCCCC2)C2CCCCC2)CC1.[Cl][Ru]([Cl])=[CH]Sc1ccccc1. The van der Waals surface area contributed by atoms with Gasteiger partial charge in [0.25, 0.3) is 0 Å². The van der Waals surface area contributed by atoms with Crippen molar-refractivity contribution in [3.05, 3.63) is 30.3 Å². The molecule has 282 valence electrons. The Morgan fingerprint density at radius 2 is 0.653 bits per heavy atom. The van der Waals surface area contributed by atoms with E-state index >= 15 is 0 Å². The van der Waals surface area contributed by atoms with Crippen LogP contribution in [0.25, 0.3) is 0 Å². The van der Waals surface area contributed by atoms with E-state index in [9.17, 15) is 0 Å². The van der Waals surface area contributed by atoms with Gasteiger partial charge in [0, 0.05) is 15.8 Å². The molecule has 0 N–H and O–H groups in total. The minimum absolute atomic E-state index is 0.0465. The van der Waals surface area contributed by atoms with E-state index in [2.05, 4.69) is 0 Å². The van der Waals surface area contributed by atoms with Gasteiger partial charge < -0.3 is 0 Å². The standard InChI is InChI=1S/2C18H33P.C7H6S.2ClH.Ru/c2*1-4-10-16(11-5-1)19(17-12-6-2-7-13-17)18-14-8-3-9-15-18;1-8-7-5-3-2-4-6-7;;;/h2*16-18H,1-15H2;1-6H;2*1H;/q;;;;;+2. The molecule has 0 aromatic heterocycles. The molecule has 0 spiro atoms. The molecule has 7 rings (SSSR count). The van der Waals surface area contributed by atoms with Crippen molar-refractivity contribution in [2.45, 2.75) is 231 Å². The van der Waals surface area contributed by atoms with Crippen LogP contribution in [0.5, 0.6) is 0 Å². The van der Waals surface area contributed by atoms with E-state index in [-0.39, 0.29) is 15.8 Å². The first-order valence-electron chi connectivity index (χ1n) is 21.5. The summed E-state index contributed by atoms with van der Waals surface area (Å²) in [6.45, 7) is 0. The van der Waals surface area contributed by atoms with Gasteiger partial charge in [-0.1, -0.05) is 38.5 Å². The first-order chi connectivity index (χ1) is 24.2. The van der Waals surface area contributed by atoms with E-state index in [1.165, 1.54) is 38.8 Å². The van der Waals surface area contributed by atoms with Crippen molar-refractivity contribution in [1.82, 2.24) is 0 Å². The molecule has 6 aliphatic rings. The molecule has 6 heteroatoms. The van der Waals surface area contributed by atoms with Crippen molar-refractivity contribution in [2.24, 2.45) is 0 Å². The third-order valence-corrected chi connectivity index (χ3v) is 27.1. The summed E-state index contributed by atoms with van der Waals surface area (Å²) < 4.78 is 1.92. The van der Waals surface area contributed by atoms with Gasteiger partial charge in [0.15, 0.2) is 0 Å². The monoisotopic (exact) mass is 856 g/mol. The first-order valence-corrected chi connectivity index (χ1v) is 31.3. The van der Waals surface area contributed by atoms with Crippen molar-refractivity contribution in [2.75, 3.05) is 0 Å². The number of rotatable bonds is 8. The van der Waals surface area contributed by atoms with Gasteiger partial charge in [-0.15, -0.1) is 0 Å². The Kier molecular flexibility index (Phi) is 21.1. The molecule has 0 atom stereocenters. The van der Waals surface area contributed by atoms with Crippen LogP contribution in [-0.4, -0.2) is 37.9 Å². The molecule has 6 fully saturated rings. The molecule has 0 amide bonds. The topological polar surface area (TPSA) is 0 Å². The molecule has 49 heavy (non-hydrogen) atoms. The molecule has 0 aliphatic heterocycles. The summed E-state index contributed by atoms with van der Waals surface area (Å²) in [5.41, 5.74) is 7.36. The van der Waals surface area contributed by atoms with Gasteiger partial charge in [-0.25, -0.2) is 0 Å². The van der Waals surface area contributed by atoms with E-state index < -0.39 is 13.5 Å². The average Bonchev–Trinajstić information content (AvgIpc) is 3.18. The fourth-order valence-corrected chi connectivity index (χ4v) is 24.4. The van der Waals surface area contributed by atoms with Crippen molar-refractivity contribution in [1.29, 1.82) is 0 Å². The first kappa shape index (κ1) is 41.7. The maximum atomic E-state index is 5.66. The fraction of sp³-hybridized carbons (Fsp3) is 0.837. The van der Waals surface area contributed by atoms with Gasteiger partial charge in [-0.2, -0.15) is 0 Å². The average molecular weight is 857 g/mol. The quantitative estimate of drug-likeness (QED) is 0.143. The van der Waals surface area contributed by atoms with Gasteiger partial charge in [0.1, 0.15) is 0 Å². The Balaban J connectivity index is 0.000000149. The van der Waals surface area contributed by atoms with Crippen LogP contribution in [0, 0.1) is 0 Å². The Morgan fingerprint density at radius 3 is 0.878 bits per heavy atom. The van der Waals surface area contributed by atoms with Crippen LogP contribution in [0.2, 0.25) is 0 Å². The second-order valence-corrected chi connectivity index (χ2v) is 31.0. The van der Waals surface area contributed by atoms with Crippen LogP contribution in [0.3, 0.4) is 0 Å². The zero-order chi connectivity index (χ0) is 33.9. The van der Waals surface area contributed by atoms with Gasteiger partial charge in [-0.3, -0.25) is 0 Å². The molecular weight excluding hydrogens is 782 g/mol. The summed E-state index contributed by atoms with van der Waals surface area (Å²) in [5.74, 6) is 0. The molecule has 6 saturated carbocycles. The molecule has 0 radical (unpaired) electrons. The van der Waals surface area contributed by atoms with Crippen LogP contribution in [0.15, 0.2) is 35.2 Å².